The van der Waals surface area contributed by atoms with Gasteiger partial charge in [0, 0.05) is 50.7 Å². The molecule has 2 aliphatic rings. The predicted molar refractivity (Wildman–Crippen MR) is 320 cm³/mol. The average molecular weight is 1160 g/mol. The monoisotopic (exact) mass is 1160 g/mol. The van der Waals surface area contributed by atoms with Crippen LogP contribution in [0.5, 0.6) is 17.2 Å². The van der Waals surface area contributed by atoms with Crippen LogP contribution in [0.15, 0.2) is 109 Å². The van der Waals surface area contributed by atoms with E-state index in [4.69, 9.17) is 9.47 Å². The van der Waals surface area contributed by atoms with E-state index in [1.807, 2.05) is 102 Å². The number of Topliss-reactive ketones (excluding diaryl/α,β-unsaturated/α-hetero) is 1. The number of aryl methyl sites for hydroxylation is 1. The first-order chi connectivity index (χ1) is 40.7. The van der Waals surface area contributed by atoms with E-state index in [0.717, 1.165) is 11.1 Å². The summed E-state index contributed by atoms with van der Waals surface area (Å²) < 4.78 is 13.4. The van der Waals surface area contributed by atoms with Crippen molar-refractivity contribution in [3.8, 4) is 34.3 Å². The minimum atomic E-state index is -1.10. The molecule has 2 fully saturated rings. The minimum Gasteiger partial charge on any atom is -0.508 e. The van der Waals surface area contributed by atoms with E-state index in [0.29, 0.717) is 73.7 Å². The molecule has 0 radical (unpaired) electrons. The van der Waals surface area contributed by atoms with E-state index in [2.05, 4.69) is 51.6 Å². The smallest absolute Gasteiger partial charge is 0.289 e. The molecular weight excluding hydrogens is 1080 g/mol. The van der Waals surface area contributed by atoms with Crippen molar-refractivity contribution >= 4 is 41.1 Å². The summed E-state index contributed by atoms with van der Waals surface area (Å²) in [6, 6.07) is 24.7. The molecular formula is C64H79N11O10. The molecule has 5 atom stereocenters. The second-order valence-electron chi connectivity index (χ2n) is 23.2. The van der Waals surface area contributed by atoms with Gasteiger partial charge in [0.25, 0.3) is 11.8 Å². The molecule has 4 heterocycles. The number of amides is 5. The molecule has 21 nitrogen and oxygen atoms in total. The summed E-state index contributed by atoms with van der Waals surface area (Å²) in [7, 11) is 0. The zero-order valence-electron chi connectivity index (χ0n) is 49.6. The fourth-order valence-electron chi connectivity index (χ4n) is 10.4. The zero-order chi connectivity index (χ0) is 61.0. The van der Waals surface area contributed by atoms with Gasteiger partial charge in [-0.05, 0) is 104 Å². The largest absolute Gasteiger partial charge is 0.508 e. The Hall–Kier alpha value is -8.72. The highest BCUT2D eigenvalue weighted by Gasteiger charge is 2.50. The maximum Gasteiger partial charge on any atom is 0.289 e. The molecule has 4 aromatic carbocycles. The van der Waals surface area contributed by atoms with Gasteiger partial charge in [0.15, 0.2) is 11.6 Å². The molecule has 8 rings (SSSR count). The molecule has 0 bridgehead atoms. The number of benzene rings is 4. The number of ether oxygens (including phenoxy) is 2. The van der Waals surface area contributed by atoms with Gasteiger partial charge in [-0.1, -0.05) is 102 Å². The number of carbonyl (C=O) groups is 6. The molecule has 21 heteroatoms. The van der Waals surface area contributed by atoms with E-state index in [1.165, 1.54) is 18.5 Å². The Labute approximate surface area is 496 Å². The van der Waals surface area contributed by atoms with Crippen molar-refractivity contribution < 1.29 is 48.5 Å². The van der Waals surface area contributed by atoms with Gasteiger partial charge in [-0.15, -0.1) is 10.2 Å². The quantitative estimate of drug-likeness (QED) is 0.0257. The molecule has 0 spiro atoms. The molecule has 2 aliphatic heterocycles. The number of ketones is 1. The third kappa shape index (κ3) is 16.3. The van der Waals surface area contributed by atoms with Gasteiger partial charge in [-0.3, -0.25) is 33.3 Å². The number of phenols is 2. The lowest BCUT2D eigenvalue weighted by Crippen LogP contribution is -2.59. The summed E-state index contributed by atoms with van der Waals surface area (Å²) in [6.45, 7) is 16.9. The Morgan fingerprint density at radius 2 is 1.29 bits per heavy atom. The molecule has 7 N–H and O–H groups in total. The van der Waals surface area contributed by atoms with Gasteiger partial charge in [-0.25, -0.2) is 9.97 Å². The predicted octanol–water partition coefficient (Wildman–Crippen LogP) is 6.93. The zero-order valence-corrected chi connectivity index (χ0v) is 49.6. The van der Waals surface area contributed by atoms with E-state index >= 15 is 0 Å². The Morgan fingerprint density at radius 1 is 0.694 bits per heavy atom. The molecule has 85 heavy (non-hydrogen) atoms. The number of hydrogen-bond acceptors (Lipinski definition) is 15. The first-order valence-electron chi connectivity index (χ1n) is 29.3. The number of anilines is 1. The van der Waals surface area contributed by atoms with E-state index in [1.54, 1.807) is 48.7 Å². The van der Waals surface area contributed by atoms with Crippen LogP contribution in [0.2, 0.25) is 0 Å². The lowest BCUT2D eigenvalue weighted by atomic mass is 9.93. The number of phenolic OH excluding ortho intramolecular Hbond substituents is 2. The van der Waals surface area contributed by atoms with Gasteiger partial charge in [0.2, 0.25) is 23.5 Å². The van der Waals surface area contributed by atoms with Gasteiger partial charge in [-0.2, -0.15) is 0 Å². The van der Waals surface area contributed by atoms with Crippen molar-refractivity contribution in [2.75, 3.05) is 31.1 Å². The van der Waals surface area contributed by atoms with Crippen LogP contribution in [0.25, 0.3) is 17.1 Å². The highest BCUT2D eigenvalue weighted by molar-refractivity contribution is 5.99. The summed E-state index contributed by atoms with van der Waals surface area (Å²) in [5, 5.41) is 44.4. The number of nitrogens with one attached hydrogen (secondary N) is 5. The number of epoxide rings is 1. The Balaban J connectivity index is 0.911. The van der Waals surface area contributed by atoms with Crippen LogP contribution in [0, 0.1) is 11.8 Å². The van der Waals surface area contributed by atoms with E-state index in [9.17, 15) is 39.0 Å². The van der Waals surface area contributed by atoms with Crippen LogP contribution in [-0.4, -0.2) is 132 Å². The maximum absolute atomic E-state index is 14.5. The molecule has 2 saturated heterocycles. The Kier molecular flexibility index (Phi) is 20.7. The number of nitrogens with zero attached hydrogens (tertiary/aromatic N) is 6. The van der Waals surface area contributed by atoms with Crippen molar-refractivity contribution in [2.24, 2.45) is 11.8 Å². The van der Waals surface area contributed by atoms with Gasteiger partial charge in [0.1, 0.15) is 58.6 Å². The minimum absolute atomic E-state index is 0.0115. The molecule has 450 valence electrons. The van der Waals surface area contributed by atoms with Crippen molar-refractivity contribution in [3.63, 3.8) is 0 Å². The second kappa shape index (κ2) is 28.2. The van der Waals surface area contributed by atoms with Crippen LogP contribution in [0.1, 0.15) is 131 Å². The normalized spacial score (nSPS) is 16.5. The molecule has 2 aromatic heterocycles. The number of piperidine rings is 1. The SMILES string of the molecule is CCNC(=O)c1nnc(-c2cc(C(C)C)c(O)cc2O)n1-c1ccc(OC2CCN(c3cnc(C(=O)N[C@@H](CCc4ccccc4)C(=O)N[C@@H](CC(C)C)C(=O)N[C@@H](Cc4ccccc4)C(=O)N[C@@H](CC(C)C)C(=O)[C@@]4(C)CO4)cn3)CC2)cc1. The van der Waals surface area contributed by atoms with Crippen LogP contribution < -0.4 is 36.2 Å². The summed E-state index contributed by atoms with van der Waals surface area (Å²) in [5.41, 5.74) is 2.18. The first kappa shape index (κ1) is 62.3. The second-order valence-corrected chi connectivity index (χ2v) is 23.2. The molecule has 5 amide bonds. The lowest BCUT2D eigenvalue weighted by molar-refractivity contribution is -0.134. The van der Waals surface area contributed by atoms with Crippen LogP contribution in [0.3, 0.4) is 0 Å². The third-order valence-electron chi connectivity index (χ3n) is 15.1. The highest BCUT2D eigenvalue weighted by Crippen LogP contribution is 2.39. The standard InChI is InChI=1S/C64H79N11O10/c1-9-65-63(83)58-73-72-57(47-33-46(40(6)7)53(76)34-54(47)77)75(58)43-21-23-44(24-22-43)85-45-26-28-74(29-27-45)55-36-66-52(35-67-55)62(82)68-48(25-20-41-16-12-10-13-17-41)59(79)70-50(31-39(4)5)60(80)71-51(32-42-18-14-11-15-19-42)61(81)69-49(30-38(2)3)56(78)64(8)37-84-64/h10-19,21-24,33-36,38-40,45,48-51,76-77H,9,20,25-32,37H2,1-8H3,(H,65,83)(H,68,82)(H,69,81)(H,70,79)(H,71,80)/t48-,49-,50-,51-,64+/m0/s1. The number of hydrogen-bond donors (Lipinski definition) is 7. The summed E-state index contributed by atoms with van der Waals surface area (Å²) in [5.74, 6) is -1.98. The Morgan fingerprint density at radius 3 is 1.89 bits per heavy atom. The van der Waals surface area contributed by atoms with Crippen molar-refractivity contribution in [2.45, 2.75) is 142 Å². The summed E-state index contributed by atoms with van der Waals surface area (Å²) >= 11 is 0. The van der Waals surface area contributed by atoms with E-state index in [-0.39, 0.29) is 84.4 Å². The maximum atomic E-state index is 14.5. The first-order valence-corrected chi connectivity index (χ1v) is 29.3. The fraction of sp³-hybridized carbons (Fsp3) is 0.438. The molecule has 0 saturated carbocycles. The van der Waals surface area contributed by atoms with Gasteiger partial charge < -0.3 is 51.2 Å². The third-order valence-corrected chi connectivity index (χ3v) is 15.1. The summed E-state index contributed by atoms with van der Waals surface area (Å²) in [4.78, 5) is 95.0. The number of carbonyl (C=O) groups excluding carboxylic acids is 6. The van der Waals surface area contributed by atoms with Gasteiger partial charge >= 0.3 is 0 Å². The fourth-order valence-corrected chi connectivity index (χ4v) is 10.4. The molecule has 0 aliphatic carbocycles. The summed E-state index contributed by atoms with van der Waals surface area (Å²) in [6.07, 6.45) is 5.36. The number of aromatic nitrogens is 5. The van der Waals surface area contributed by atoms with Crippen LogP contribution in [0.4, 0.5) is 5.82 Å². The van der Waals surface area contributed by atoms with E-state index < -0.39 is 59.3 Å². The van der Waals surface area contributed by atoms with Crippen LogP contribution in [-0.2, 0) is 36.8 Å². The van der Waals surface area contributed by atoms with Crippen molar-refractivity contribution in [1.29, 1.82) is 0 Å². The van der Waals surface area contributed by atoms with Crippen molar-refractivity contribution in [1.82, 2.24) is 51.3 Å². The average Bonchev–Trinajstić information content (AvgIpc) is 3.21. The topological polar surface area (TPSA) is 285 Å². The Bertz CT molecular complexity index is 3270. The molecule has 0 unspecified atom stereocenters. The van der Waals surface area contributed by atoms with Crippen molar-refractivity contribution in [3.05, 3.63) is 138 Å². The van der Waals surface area contributed by atoms with Gasteiger partial charge in [0.05, 0.1) is 30.6 Å². The number of rotatable bonds is 27. The number of aromatic hydroxyl groups is 2. The highest BCUT2D eigenvalue weighted by atomic mass is 16.6. The lowest BCUT2D eigenvalue weighted by Gasteiger charge is -2.32. The van der Waals surface area contributed by atoms with Crippen LogP contribution >= 0.6 is 0 Å². The molecule has 6 aromatic rings.